The molecule has 1 aliphatic heterocycles. The van der Waals surface area contributed by atoms with Crippen molar-refractivity contribution in [1.82, 2.24) is 4.90 Å². The number of nitrogens with zero attached hydrogens (tertiary/aromatic N) is 1. The average molecular weight is 172 g/mol. The summed E-state index contributed by atoms with van der Waals surface area (Å²) in [4.78, 5) is 12.9. The van der Waals surface area contributed by atoms with Gasteiger partial charge < -0.3 is 15.4 Å². The Morgan fingerprint density at radius 3 is 2.83 bits per heavy atom. The predicted octanol–water partition coefficient (Wildman–Crippen LogP) is 0.564. The largest absolute Gasteiger partial charge is 0.450 e. The van der Waals surface area contributed by atoms with Gasteiger partial charge in [-0.1, -0.05) is 0 Å². The van der Waals surface area contributed by atoms with Gasteiger partial charge in [0.15, 0.2) is 0 Å². The van der Waals surface area contributed by atoms with Gasteiger partial charge in [0.25, 0.3) is 0 Å². The molecule has 0 aromatic heterocycles. The number of rotatable bonds is 1. The van der Waals surface area contributed by atoms with Crippen LogP contribution in [0.15, 0.2) is 0 Å². The molecule has 0 bridgehead atoms. The van der Waals surface area contributed by atoms with Crippen LogP contribution in [0.25, 0.3) is 0 Å². The fourth-order valence-electron chi connectivity index (χ4n) is 1.43. The summed E-state index contributed by atoms with van der Waals surface area (Å²) in [6, 6.07) is 0.221. The maximum absolute atomic E-state index is 11.2. The molecule has 70 valence electrons. The first-order valence-electron chi connectivity index (χ1n) is 4.35. The zero-order chi connectivity index (χ0) is 9.14. The van der Waals surface area contributed by atoms with Crippen LogP contribution < -0.4 is 5.73 Å². The van der Waals surface area contributed by atoms with Gasteiger partial charge in [0.1, 0.15) is 0 Å². The van der Waals surface area contributed by atoms with Crippen molar-refractivity contribution in [3.8, 4) is 0 Å². The minimum absolute atomic E-state index is 0.106. The van der Waals surface area contributed by atoms with E-state index in [0.29, 0.717) is 6.61 Å². The average Bonchev–Trinajstić information content (AvgIpc) is 2.34. The second kappa shape index (κ2) is 3.76. The van der Waals surface area contributed by atoms with Crippen molar-refractivity contribution < 1.29 is 9.53 Å². The molecule has 1 aliphatic rings. The van der Waals surface area contributed by atoms with Crippen LogP contribution in [0, 0.1) is 0 Å². The summed E-state index contributed by atoms with van der Waals surface area (Å²) in [5, 5.41) is 0. The summed E-state index contributed by atoms with van der Waals surface area (Å²) in [6.45, 7) is 4.91. The highest BCUT2D eigenvalue weighted by Gasteiger charge is 2.31. The van der Waals surface area contributed by atoms with E-state index in [2.05, 4.69) is 0 Å². The van der Waals surface area contributed by atoms with Gasteiger partial charge in [-0.25, -0.2) is 4.79 Å². The molecule has 0 aromatic carbocycles. The van der Waals surface area contributed by atoms with Crippen LogP contribution in [-0.4, -0.2) is 36.2 Å². The lowest BCUT2D eigenvalue weighted by atomic mass is 10.2. The van der Waals surface area contributed by atoms with Crippen molar-refractivity contribution >= 4 is 6.09 Å². The topological polar surface area (TPSA) is 55.6 Å². The van der Waals surface area contributed by atoms with Crippen LogP contribution in [0.3, 0.4) is 0 Å². The Kier molecular flexibility index (Phi) is 2.92. The van der Waals surface area contributed by atoms with E-state index in [-0.39, 0.29) is 18.2 Å². The highest BCUT2D eigenvalue weighted by Crippen LogP contribution is 2.16. The van der Waals surface area contributed by atoms with E-state index >= 15 is 0 Å². The van der Waals surface area contributed by atoms with Crippen LogP contribution in [0.2, 0.25) is 0 Å². The molecule has 0 radical (unpaired) electrons. The molecule has 0 saturated carbocycles. The van der Waals surface area contributed by atoms with Crippen LogP contribution in [0.5, 0.6) is 0 Å². The number of carbonyl (C=O) groups is 1. The normalized spacial score (nSPS) is 29.1. The predicted molar refractivity (Wildman–Crippen MR) is 45.8 cm³/mol. The van der Waals surface area contributed by atoms with Gasteiger partial charge >= 0.3 is 6.09 Å². The van der Waals surface area contributed by atoms with Crippen LogP contribution in [0.1, 0.15) is 20.3 Å². The van der Waals surface area contributed by atoms with E-state index < -0.39 is 0 Å². The first-order valence-corrected chi connectivity index (χ1v) is 4.35. The number of amides is 1. The minimum Gasteiger partial charge on any atom is -0.450 e. The van der Waals surface area contributed by atoms with E-state index in [4.69, 9.17) is 10.5 Å². The number of ether oxygens (including phenoxy) is 1. The van der Waals surface area contributed by atoms with Crippen molar-refractivity contribution in [2.75, 3.05) is 13.2 Å². The molecule has 12 heavy (non-hydrogen) atoms. The molecule has 1 saturated heterocycles. The first-order chi connectivity index (χ1) is 5.66. The van der Waals surface area contributed by atoms with Gasteiger partial charge in [0, 0.05) is 18.6 Å². The molecular formula is C8H16N2O2. The molecule has 1 amide bonds. The van der Waals surface area contributed by atoms with Crippen molar-refractivity contribution in [3.05, 3.63) is 0 Å². The van der Waals surface area contributed by atoms with Crippen molar-refractivity contribution in [2.24, 2.45) is 5.73 Å². The summed E-state index contributed by atoms with van der Waals surface area (Å²) in [7, 11) is 0. The standard InChI is InChI=1S/C8H16N2O2/c1-3-12-8(11)10-5-4-7(9)6(10)2/h6-7H,3-5,9H2,1-2H3. The number of nitrogens with two attached hydrogens (primary N) is 1. The zero-order valence-corrected chi connectivity index (χ0v) is 7.62. The Hall–Kier alpha value is -0.770. The third-order valence-electron chi connectivity index (χ3n) is 2.32. The fraction of sp³-hybridized carbons (Fsp3) is 0.875. The second-order valence-electron chi connectivity index (χ2n) is 3.09. The molecule has 4 heteroatoms. The minimum atomic E-state index is -0.238. The lowest BCUT2D eigenvalue weighted by Crippen LogP contribution is -2.40. The molecular weight excluding hydrogens is 156 g/mol. The smallest absolute Gasteiger partial charge is 0.410 e. The fourth-order valence-corrected chi connectivity index (χ4v) is 1.43. The van der Waals surface area contributed by atoms with Gasteiger partial charge in [-0.3, -0.25) is 0 Å². The maximum Gasteiger partial charge on any atom is 0.410 e. The van der Waals surface area contributed by atoms with Gasteiger partial charge in [-0.2, -0.15) is 0 Å². The molecule has 0 spiro atoms. The quantitative estimate of drug-likeness (QED) is 0.629. The molecule has 4 nitrogen and oxygen atoms in total. The van der Waals surface area contributed by atoms with Crippen molar-refractivity contribution in [3.63, 3.8) is 0 Å². The molecule has 2 unspecified atom stereocenters. The molecule has 2 atom stereocenters. The highest BCUT2D eigenvalue weighted by atomic mass is 16.6. The van der Waals surface area contributed by atoms with Gasteiger partial charge in [0.05, 0.1) is 6.61 Å². The van der Waals surface area contributed by atoms with Crippen molar-refractivity contribution in [1.29, 1.82) is 0 Å². The summed E-state index contributed by atoms with van der Waals surface area (Å²) in [6.07, 6.45) is 0.637. The molecule has 1 heterocycles. The lowest BCUT2D eigenvalue weighted by molar-refractivity contribution is 0.104. The number of hydrogen-bond acceptors (Lipinski definition) is 3. The third kappa shape index (κ3) is 1.69. The molecule has 1 fully saturated rings. The van der Waals surface area contributed by atoms with E-state index in [1.54, 1.807) is 11.8 Å². The first kappa shape index (κ1) is 9.32. The van der Waals surface area contributed by atoms with Crippen LogP contribution in [-0.2, 0) is 4.74 Å². The Morgan fingerprint density at radius 1 is 1.75 bits per heavy atom. The Labute approximate surface area is 72.7 Å². The van der Waals surface area contributed by atoms with Gasteiger partial charge in [-0.15, -0.1) is 0 Å². The van der Waals surface area contributed by atoms with E-state index in [1.807, 2.05) is 6.92 Å². The SMILES string of the molecule is CCOC(=O)N1CCC(N)C1C. The Bertz CT molecular complexity index is 172. The summed E-state index contributed by atoms with van der Waals surface area (Å²) < 4.78 is 4.88. The van der Waals surface area contributed by atoms with E-state index in [9.17, 15) is 4.79 Å². The highest BCUT2D eigenvalue weighted by molar-refractivity contribution is 5.68. The Balaban J connectivity index is 2.47. The molecule has 0 aromatic rings. The molecule has 0 aliphatic carbocycles. The number of hydrogen-bond donors (Lipinski definition) is 1. The summed E-state index contributed by atoms with van der Waals surface area (Å²) in [5.41, 5.74) is 5.75. The molecule has 1 rings (SSSR count). The maximum atomic E-state index is 11.2. The van der Waals surface area contributed by atoms with E-state index in [0.717, 1.165) is 13.0 Å². The van der Waals surface area contributed by atoms with Gasteiger partial charge in [0.2, 0.25) is 0 Å². The van der Waals surface area contributed by atoms with Crippen molar-refractivity contribution in [2.45, 2.75) is 32.4 Å². The zero-order valence-electron chi connectivity index (χ0n) is 7.62. The molecule has 2 N–H and O–H groups in total. The summed E-state index contributed by atoms with van der Waals surface area (Å²) >= 11 is 0. The van der Waals surface area contributed by atoms with Gasteiger partial charge in [-0.05, 0) is 20.3 Å². The Morgan fingerprint density at radius 2 is 2.42 bits per heavy atom. The second-order valence-corrected chi connectivity index (χ2v) is 3.09. The third-order valence-corrected chi connectivity index (χ3v) is 2.32. The number of likely N-dealkylation sites (tertiary alicyclic amines) is 1. The summed E-state index contributed by atoms with van der Waals surface area (Å²) in [5.74, 6) is 0. The van der Waals surface area contributed by atoms with Crippen LogP contribution in [0.4, 0.5) is 4.79 Å². The number of carbonyl (C=O) groups excluding carboxylic acids is 1. The monoisotopic (exact) mass is 172 g/mol. The van der Waals surface area contributed by atoms with Crippen LogP contribution >= 0.6 is 0 Å². The lowest BCUT2D eigenvalue weighted by Gasteiger charge is -2.21. The van der Waals surface area contributed by atoms with E-state index in [1.165, 1.54) is 0 Å².